The van der Waals surface area contributed by atoms with Gasteiger partial charge >= 0.3 is 0 Å². The molecule has 0 aromatic carbocycles. The molecule has 0 aromatic heterocycles. The molecule has 0 atom stereocenters. The highest BCUT2D eigenvalue weighted by atomic mass is 32.2. The predicted molar refractivity (Wildman–Crippen MR) is 65.0 cm³/mol. The van der Waals surface area contributed by atoms with Gasteiger partial charge in [0.1, 0.15) is 0 Å². The third-order valence-corrected chi connectivity index (χ3v) is 5.39. The van der Waals surface area contributed by atoms with E-state index in [-0.39, 0.29) is 0 Å². The number of ether oxygens (including phenoxy) is 1. The van der Waals surface area contributed by atoms with Crippen molar-refractivity contribution in [1.82, 2.24) is 13.9 Å². The van der Waals surface area contributed by atoms with E-state index >= 15 is 0 Å². The summed E-state index contributed by atoms with van der Waals surface area (Å²) in [4.78, 5) is 0. The van der Waals surface area contributed by atoms with E-state index in [0.29, 0.717) is 25.7 Å². The van der Waals surface area contributed by atoms with E-state index in [1.807, 2.05) is 0 Å². The van der Waals surface area contributed by atoms with Crippen LogP contribution in [0.3, 0.4) is 0 Å². The number of hydrogen-bond donors (Lipinski definition) is 1. The first kappa shape index (κ1) is 13.2. The summed E-state index contributed by atoms with van der Waals surface area (Å²) in [5, 5.41) is 3.40. The molecule has 0 unspecified atom stereocenters. The molecule has 2 aliphatic rings. The van der Waals surface area contributed by atoms with Gasteiger partial charge in [0.2, 0.25) is 0 Å². The average Bonchev–Trinajstić information content (AvgIpc) is 2.57. The predicted octanol–water partition coefficient (Wildman–Crippen LogP) is -0.753. The fourth-order valence-corrected chi connectivity index (χ4v) is 3.54. The topological polar surface area (TPSA) is 61.9 Å². The summed E-state index contributed by atoms with van der Waals surface area (Å²) in [6, 6.07) is 0.479. The second-order valence-electron chi connectivity index (χ2n) is 4.57. The molecule has 2 fully saturated rings. The van der Waals surface area contributed by atoms with Crippen LogP contribution < -0.4 is 5.32 Å². The van der Waals surface area contributed by atoms with Crippen molar-refractivity contribution in [3.8, 4) is 0 Å². The molecule has 0 spiro atoms. The zero-order chi connectivity index (χ0) is 12.3. The van der Waals surface area contributed by atoms with Gasteiger partial charge in [-0.1, -0.05) is 0 Å². The Morgan fingerprint density at radius 2 is 2.00 bits per heavy atom. The second kappa shape index (κ2) is 5.62. The third-order valence-electron chi connectivity index (χ3n) is 3.40. The molecular formula is C10H21N3O3S. The van der Waals surface area contributed by atoms with E-state index in [4.69, 9.17) is 4.74 Å². The molecule has 0 saturated carbocycles. The Kier molecular flexibility index (Phi) is 4.37. The molecule has 2 rings (SSSR count). The van der Waals surface area contributed by atoms with E-state index in [1.165, 1.54) is 4.31 Å². The van der Waals surface area contributed by atoms with Crippen LogP contribution >= 0.6 is 0 Å². The molecule has 0 bridgehead atoms. The SMILES string of the molecule is CN1CCN(CCNC2CCOCC2)S1(=O)=O. The minimum atomic E-state index is -3.17. The lowest BCUT2D eigenvalue weighted by atomic mass is 10.1. The van der Waals surface area contributed by atoms with Gasteiger partial charge in [0.05, 0.1) is 0 Å². The third kappa shape index (κ3) is 3.17. The van der Waals surface area contributed by atoms with Crippen molar-refractivity contribution in [2.45, 2.75) is 18.9 Å². The van der Waals surface area contributed by atoms with E-state index in [0.717, 1.165) is 32.6 Å². The highest BCUT2D eigenvalue weighted by Gasteiger charge is 2.33. The minimum Gasteiger partial charge on any atom is -0.381 e. The maximum atomic E-state index is 11.8. The zero-order valence-electron chi connectivity index (χ0n) is 10.3. The highest BCUT2D eigenvalue weighted by molar-refractivity contribution is 7.87. The van der Waals surface area contributed by atoms with Crippen molar-refractivity contribution in [2.75, 3.05) is 46.4 Å². The van der Waals surface area contributed by atoms with Crippen LogP contribution in [0, 0.1) is 0 Å². The van der Waals surface area contributed by atoms with Crippen molar-refractivity contribution in [1.29, 1.82) is 0 Å². The number of nitrogens with zero attached hydrogens (tertiary/aromatic N) is 2. The molecule has 2 saturated heterocycles. The Bertz CT molecular complexity index is 341. The molecule has 0 aromatic rings. The normalized spacial score (nSPS) is 27.6. The fourth-order valence-electron chi connectivity index (χ4n) is 2.20. The summed E-state index contributed by atoms with van der Waals surface area (Å²) in [5.74, 6) is 0. The molecule has 17 heavy (non-hydrogen) atoms. The summed E-state index contributed by atoms with van der Waals surface area (Å²) >= 11 is 0. The Balaban J connectivity index is 1.72. The van der Waals surface area contributed by atoms with E-state index in [2.05, 4.69) is 5.32 Å². The molecule has 0 radical (unpaired) electrons. The van der Waals surface area contributed by atoms with Crippen molar-refractivity contribution in [3.05, 3.63) is 0 Å². The summed E-state index contributed by atoms with van der Waals surface area (Å²) in [7, 11) is -1.54. The lowest BCUT2D eigenvalue weighted by molar-refractivity contribution is 0.0778. The molecule has 2 heterocycles. The van der Waals surface area contributed by atoms with E-state index in [1.54, 1.807) is 11.4 Å². The summed E-state index contributed by atoms with van der Waals surface area (Å²) < 4.78 is 31.8. The maximum Gasteiger partial charge on any atom is 0.281 e. The molecule has 0 amide bonds. The van der Waals surface area contributed by atoms with Crippen LogP contribution in [0.5, 0.6) is 0 Å². The smallest absolute Gasteiger partial charge is 0.281 e. The molecular weight excluding hydrogens is 242 g/mol. The van der Waals surface area contributed by atoms with Crippen LogP contribution in [0.25, 0.3) is 0 Å². The lowest BCUT2D eigenvalue weighted by Gasteiger charge is -2.24. The Morgan fingerprint density at radius 3 is 2.59 bits per heavy atom. The van der Waals surface area contributed by atoms with Crippen LogP contribution in [-0.4, -0.2) is 69.5 Å². The number of rotatable bonds is 4. The Hall–Kier alpha value is -0.210. The monoisotopic (exact) mass is 263 g/mol. The molecule has 1 N–H and O–H groups in total. The van der Waals surface area contributed by atoms with Crippen molar-refractivity contribution in [3.63, 3.8) is 0 Å². The highest BCUT2D eigenvalue weighted by Crippen LogP contribution is 2.13. The van der Waals surface area contributed by atoms with Crippen molar-refractivity contribution >= 4 is 10.2 Å². The van der Waals surface area contributed by atoms with Gasteiger partial charge in [0.25, 0.3) is 10.2 Å². The van der Waals surface area contributed by atoms with E-state index < -0.39 is 10.2 Å². The molecule has 7 heteroatoms. The first-order chi connectivity index (χ1) is 8.10. The molecule has 0 aliphatic carbocycles. The first-order valence-corrected chi connectivity index (χ1v) is 7.53. The zero-order valence-corrected chi connectivity index (χ0v) is 11.1. The standard InChI is InChI=1S/C10H21N3O3S/c1-12-6-7-13(17(12,14)15)5-4-11-10-2-8-16-9-3-10/h10-11H,2-9H2,1H3. The lowest BCUT2D eigenvalue weighted by Crippen LogP contribution is -2.41. The van der Waals surface area contributed by atoms with Gasteiger partial charge in [-0.15, -0.1) is 0 Å². The van der Waals surface area contributed by atoms with E-state index in [9.17, 15) is 8.42 Å². The van der Waals surface area contributed by atoms with Crippen LogP contribution in [0.1, 0.15) is 12.8 Å². The molecule has 100 valence electrons. The number of likely N-dealkylation sites (N-methyl/N-ethyl adjacent to an activating group) is 1. The quantitative estimate of drug-likeness (QED) is 0.725. The van der Waals surface area contributed by atoms with Crippen LogP contribution in [0.2, 0.25) is 0 Å². The average molecular weight is 263 g/mol. The first-order valence-electron chi connectivity index (χ1n) is 6.13. The van der Waals surface area contributed by atoms with Crippen LogP contribution in [0.4, 0.5) is 0 Å². The Labute approximate surface area is 103 Å². The van der Waals surface area contributed by atoms with Gasteiger partial charge in [0, 0.05) is 52.5 Å². The van der Waals surface area contributed by atoms with Gasteiger partial charge in [-0.2, -0.15) is 17.0 Å². The van der Waals surface area contributed by atoms with Crippen molar-refractivity contribution < 1.29 is 13.2 Å². The van der Waals surface area contributed by atoms with Gasteiger partial charge in [-0.05, 0) is 12.8 Å². The van der Waals surface area contributed by atoms with Crippen LogP contribution in [0.15, 0.2) is 0 Å². The summed E-state index contributed by atoms with van der Waals surface area (Å²) in [6.07, 6.45) is 2.04. The summed E-state index contributed by atoms with van der Waals surface area (Å²) in [6.45, 7) is 4.10. The number of hydrogen-bond acceptors (Lipinski definition) is 4. The minimum absolute atomic E-state index is 0.479. The van der Waals surface area contributed by atoms with Gasteiger partial charge in [-0.25, -0.2) is 0 Å². The molecule has 2 aliphatic heterocycles. The van der Waals surface area contributed by atoms with Gasteiger partial charge < -0.3 is 10.1 Å². The largest absolute Gasteiger partial charge is 0.381 e. The van der Waals surface area contributed by atoms with Crippen molar-refractivity contribution in [2.24, 2.45) is 0 Å². The van der Waals surface area contributed by atoms with Gasteiger partial charge in [0.15, 0.2) is 0 Å². The summed E-state index contributed by atoms with van der Waals surface area (Å²) in [5.41, 5.74) is 0. The van der Waals surface area contributed by atoms with Crippen LogP contribution in [-0.2, 0) is 14.9 Å². The molecule has 6 nitrogen and oxygen atoms in total. The number of nitrogens with one attached hydrogen (secondary N) is 1. The Morgan fingerprint density at radius 1 is 1.29 bits per heavy atom. The second-order valence-corrected chi connectivity index (χ2v) is 6.60. The maximum absolute atomic E-state index is 11.8. The fraction of sp³-hybridized carbons (Fsp3) is 1.00. The van der Waals surface area contributed by atoms with Gasteiger partial charge in [-0.3, -0.25) is 0 Å².